The smallest absolute Gasteiger partial charge is 0.313 e. The Bertz CT molecular complexity index is 4050. The van der Waals surface area contributed by atoms with E-state index in [-0.39, 0.29) is 60.6 Å². The van der Waals surface area contributed by atoms with E-state index < -0.39 is 40.1 Å². The van der Waals surface area contributed by atoms with E-state index in [0.717, 1.165) is 84.4 Å². The summed E-state index contributed by atoms with van der Waals surface area (Å²) in [6.07, 6.45) is 19.6. The molecular formula is C99H135O5P3. The van der Waals surface area contributed by atoms with Crippen molar-refractivity contribution in [2.24, 2.45) is 0 Å². The summed E-state index contributed by atoms with van der Waals surface area (Å²) in [5.41, 5.74) is 17.3. The van der Waals surface area contributed by atoms with Gasteiger partial charge in [-0.1, -0.05) is 347 Å². The third-order valence-electron chi connectivity index (χ3n) is 21.4. The average molecular weight is 1500 g/mol. The van der Waals surface area contributed by atoms with Crippen molar-refractivity contribution in [1.29, 1.82) is 0 Å². The van der Waals surface area contributed by atoms with E-state index in [2.05, 4.69) is 412 Å². The fourth-order valence-electron chi connectivity index (χ4n) is 15.7. The third-order valence-corrected chi connectivity index (χ3v) is 29.0. The van der Waals surface area contributed by atoms with Gasteiger partial charge in [0.05, 0.1) is 0 Å². The van der Waals surface area contributed by atoms with E-state index in [1.807, 2.05) is 0 Å². The van der Waals surface area contributed by atoms with E-state index in [9.17, 15) is 0 Å². The molecule has 107 heavy (non-hydrogen) atoms. The first-order valence-electron chi connectivity index (χ1n) is 39.3. The number of benzene rings is 7. The highest BCUT2D eigenvalue weighted by molar-refractivity contribution is 7.80. The van der Waals surface area contributed by atoms with Crippen molar-refractivity contribution in [2.45, 2.75) is 318 Å². The number of hydrogen-bond acceptors (Lipinski definition) is 5. The van der Waals surface area contributed by atoms with E-state index >= 15 is 0 Å². The van der Waals surface area contributed by atoms with Gasteiger partial charge in [0.1, 0.15) is 36.9 Å². The second kappa shape index (κ2) is 30.1. The van der Waals surface area contributed by atoms with E-state index in [1.165, 1.54) is 38.9 Å². The van der Waals surface area contributed by atoms with Gasteiger partial charge in [-0.15, -0.1) is 0 Å². The molecule has 0 aromatic heterocycles. The largest absolute Gasteiger partial charge is 0.470 e. The average Bonchev–Trinajstić information content (AvgIpc) is 0.712. The summed E-state index contributed by atoms with van der Waals surface area (Å²) in [4.78, 5) is -2.56. The molecule has 0 saturated carbocycles. The van der Waals surface area contributed by atoms with Gasteiger partial charge < -0.3 is 22.6 Å². The minimum Gasteiger partial charge on any atom is -0.470 e. The standard InChI is InChI=1S/C99H135O5P3/c1-64-54-83(78(93(21,22)23)59-73(64)88(6,7)8)100-105(98(50-46-71(47-51-98)69-42-38-36-39-43-69)106(101-84-55-65(2)74(89(9,10)11)60-79(84)94(24,25)26)102-85-56-66(3)75(90(12,13)14)61-80(85)95(27,28)29)99(52-48-72(49-53-99)70-44-40-37-41-45-70)107(103-86-57-67(4)76(91(15,16)17)62-81(86)96(30,31)32)104-87-58-68(5)77(92(18,19)20)63-82(87)97(33,34)35/h36-63,71-72H,1-35H3. The van der Waals surface area contributed by atoms with Gasteiger partial charge >= 0.3 is 16.8 Å². The predicted octanol–water partition coefficient (Wildman–Crippen LogP) is 30.1. The maximum atomic E-state index is 9.01. The molecule has 0 spiro atoms. The Labute approximate surface area is 654 Å². The highest BCUT2D eigenvalue weighted by Gasteiger charge is 2.64. The number of aryl methyl sites for hydroxylation is 5. The highest BCUT2D eigenvalue weighted by Crippen LogP contribution is 2.82. The van der Waals surface area contributed by atoms with Crippen molar-refractivity contribution in [2.75, 3.05) is 0 Å². The first-order chi connectivity index (χ1) is 48.9. The Hall–Kier alpha value is -6.21. The zero-order valence-electron chi connectivity index (χ0n) is 72.7. The molecule has 0 fully saturated rings. The molecule has 8 heteroatoms. The monoisotopic (exact) mass is 1500 g/mol. The lowest BCUT2D eigenvalue weighted by atomic mass is 9.78. The molecule has 0 unspecified atom stereocenters. The normalized spacial score (nSPS) is 18.9. The molecule has 0 saturated heterocycles. The molecule has 0 atom stereocenters. The summed E-state index contributed by atoms with van der Waals surface area (Å²) in [5.74, 6) is 3.71. The van der Waals surface area contributed by atoms with Crippen molar-refractivity contribution in [1.82, 2.24) is 0 Å². The topological polar surface area (TPSA) is 46.2 Å². The fraction of sp³-hybridized carbons (Fsp3) is 0.495. The van der Waals surface area contributed by atoms with Crippen LogP contribution in [0.15, 0.2) is 170 Å². The summed E-state index contributed by atoms with van der Waals surface area (Å²) in [7, 11) is -6.91. The number of allylic oxidation sites excluding steroid dienone is 8. The quantitative estimate of drug-likeness (QED) is 0.0713. The lowest BCUT2D eigenvalue weighted by molar-refractivity contribution is 0.443. The highest BCUT2D eigenvalue weighted by atomic mass is 31.2. The van der Waals surface area contributed by atoms with Gasteiger partial charge in [-0.05, 0) is 186 Å². The minimum absolute atomic E-state index is 0.115. The van der Waals surface area contributed by atoms with Crippen LogP contribution >= 0.6 is 24.9 Å². The molecule has 7 aromatic rings. The second-order valence-corrected chi connectivity index (χ2v) is 47.7. The third kappa shape index (κ3) is 18.7. The fourth-order valence-corrected chi connectivity index (χ4v) is 23.7. The van der Waals surface area contributed by atoms with Crippen LogP contribution in [-0.2, 0) is 54.1 Å². The molecule has 2 aliphatic carbocycles. The molecule has 9 rings (SSSR count). The van der Waals surface area contributed by atoms with Crippen molar-refractivity contribution < 1.29 is 22.6 Å². The number of rotatable bonds is 16. The van der Waals surface area contributed by atoms with Crippen LogP contribution in [0.2, 0.25) is 0 Å². The first kappa shape index (κ1) is 84.8. The van der Waals surface area contributed by atoms with Crippen LogP contribution in [0, 0.1) is 34.6 Å². The van der Waals surface area contributed by atoms with E-state index in [4.69, 9.17) is 22.6 Å². The minimum atomic E-state index is -2.32. The lowest BCUT2D eigenvalue weighted by Gasteiger charge is -2.50. The molecule has 0 radical (unpaired) electrons. The van der Waals surface area contributed by atoms with Gasteiger partial charge in [0, 0.05) is 39.7 Å². The van der Waals surface area contributed by atoms with Crippen LogP contribution in [0.25, 0.3) is 0 Å². The summed E-state index contributed by atoms with van der Waals surface area (Å²) in [5, 5.41) is 0. The summed E-state index contributed by atoms with van der Waals surface area (Å²) >= 11 is 0. The lowest BCUT2D eigenvalue weighted by Crippen LogP contribution is -2.39. The molecule has 0 N–H and O–H groups in total. The first-order valence-corrected chi connectivity index (χ1v) is 42.9. The van der Waals surface area contributed by atoms with Crippen LogP contribution in [0.3, 0.4) is 0 Å². The summed E-state index contributed by atoms with van der Waals surface area (Å²) in [6.45, 7) is 81.0. The molecule has 5 nitrogen and oxygen atoms in total. The van der Waals surface area contributed by atoms with Crippen LogP contribution in [0.1, 0.15) is 314 Å². The molecule has 0 amide bonds. The van der Waals surface area contributed by atoms with Crippen LogP contribution in [0.4, 0.5) is 0 Å². The van der Waals surface area contributed by atoms with Gasteiger partial charge in [-0.3, -0.25) is 0 Å². The SMILES string of the molecule is Cc1cc(OP(Oc2cc(C)c(C(C)(C)C)cc2C(C)(C)C)C2(P(Oc3cc(C)c(C(C)(C)C)cc3C(C)(C)C)C3(P(Oc4cc(C)c(C(C)(C)C)cc4C(C)(C)C)Oc4cc(C)c(C(C)(C)C)cc4C(C)(C)C)C=CC(c4ccccc4)C=C3)C=CC(c3ccccc3)C=C2)c(C(C)(C)C)cc1C(C)(C)C. The summed E-state index contributed by atoms with van der Waals surface area (Å²) in [6, 6.07) is 45.6. The molecular weight excluding hydrogens is 1360 g/mol. The van der Waals surface area contributed by atoms with E-state index in [1.54, 1.807) is 0 Å². The van der Waals surface area contributed by atoms with Crippen LogP contribution in [0.5, 0.6) is 28.7 Å². The Morgan fingerprint density at radius 1 is 0.234 bits per heavy atom. The van der Waals surface area contributed by atoms with Crippen molar-refractivity contribution >= 4 is 24.9 Å². The molecule has 0 bridgehead atoms. The Morgan fingerprint density at radius 3 is 0.589 bits per heavy atom. The van der Waals surface area contributed by atoms with Gasteiger partial charge in [0.25, 0.3) is 0 Å². The van der Waals surface area contributed by atoms with Gasteiger partial charge in [0.15, 0.2) is 9.79 Å². The van der Waals surface area contributed by atoms with Crippen molar-refractivity contribution in [3.05, 3.63) is 265 Å². The van der Waals surface area contributed by atoms with Gasteiger partial charge in [-0.2, -0.15) is 0 Å². The predicted molar refractivity (Wildman–Crippen MR) is 467 cm³/mol. The second-order valence-electron chi connectivity index (χ2n) is 41.5. The molecule has 0 aliphatic heterocycles. The molecule has 576 valence electrons. The van der Waals surface area contributed by atoms with Crippen molar-refractivity contribution in [3.63, 3.8) is 0 Å². The zero-order chi connectivity index (χ0) is 79.9. The maximum absolute atomic E-state index is 9.01. The maximum Gasteiger partial charge on any atom is 0.313 e. The van der Waals surface area contributed by atoms with Gasteiger partial charge in [-0.25, -0.2) is 0 Å². The zero-order valence-corrected chi connectivity index (χ0v) is 75.4. The Balaban J connectivity index is 1.58. The summed E-state index contributed by atoms with van der Waals surface area (Å²) < 4.78 is 43.3. The van der Waals surface area contributed by atoms with Gasteiger partial charge in [0.2, 0.25) is 0 Å². The Morgan fingerprint density at radius 2 is 0.411 bits per heavy atom. The Kier molecular flexibility index (Phi) is 23.9. The molecule has 0 heterocycles. The van der Waals surface area contributed by atoms with Crippen LogP contribution < -0.4 is 22.6 Å². The molecule has 7 aromatic carbocycles. The number of hydrogen-bond donors (Lipinski definition) is 0. The van der Waals surface area contributed by atoms with Crippen molar-refractivity contribution in [3.8, 4) is 28.7 Å². The molecule has 2 aliphatic rings. The van der Waals surface area contributed by atoms with Crippen LogP contribution in [-0.4, -0.2) is 9.79 Å². The van der Waals surface area contributed by atoms with E-state index in [0.29, 0.717) is 0 Å².